The van der Waals surface area contributed by atoms with Crippen molar-refractivity contribution in [3.8, 4) is 11.1 Å². The van der Waals surface area contributed by atoms with E-state index in [9.17, 15) is 4.79 Å². The molecule has 0 fully saturated rings. The highest BCUT2D eigenvalue weighted by Crippen LogP contribution is 2.27. The zero-order valence-corrected chi connectivity index (χ0v) is 13.7. The minimum Gasteiger partial charge on any atom is -0.386 e. The zero-order chi connectivity index (χ0) is 16.6. The van der Waals surface area contributed by atoms with Gasteiger partial charge in [0.2, 0.25) is 0 Å². The third-order valence-corrected chi connectivity index (χ3v) is 4.09. The topological polar surface area (TPSA) is 50.7 Å². The summed E-state index contributed by atoms with van der Waals surface area (Å²) in [7, 11) is 0. The Morgan fingerprint density at radius 2 is 1.83 bits per heavy atom. The van der Waals surface area contributed by atoms with Crippen molar-refractivity contribution in [2.75, 3.05) is 11.9 Å². The highest BCUT2D eigenvalue weighted by molar-refractivity contribution is 7.11. The molecule has 0 aliphatic heterocycles. The fraction of sp³-hybridized carbons (Fsp3) is 0.0526. The van der Waals surface area contributed by atoms with Gasteiger partial charge in [-0.2, -0.15) is 0 Å². The van der Waals surface area contributed by atoms with Gasteiger partial charge in [0, 0.05) is 16.1 Å². The van der Waals surface area contributed by atoms with Crippen LogP contribution in [0.3, 0.4) is 0 Å². The Bertz CT molecular complexity index is 814. The van der Waals surface area contributed by atoms with Crippen LogP contribution >= 0.6 is 11.3 Å². The summed E-state index contributed by atoms with van der Waals surface area (Å²) in [4.78, 5) is 18.1. The monoisotopic (exact) mass is 336 g/mol. The van der Waals surface area contributed by atoms with Gasteiger partial charge in [-0.15, -0.1) is 11.3 Å². The molecule has 5 heteroatoms. The molecule has 1 N–H and O–H groups in total. The normalized spacial score (nSPS) is 10.7. The standard InChI is InChI=1S/C19H16N2O2S/c22-19(14-23-20-13-16-9-6-12-24-16)21-18-11-5-4-10-17(18)15-7-2-1-3-8-15/h1-13H,14H2,(H,21,22)/b20-13+. The largest absolute Gasteiger partial charge is 0.386 e. The first kappa shape index (κ1) is 16.0. The lowest BCUT2D eigenvalue weighted by Crippen LogP contribution is -2.17. The number of carbonyl (C=O) groups is 1. The molecule has 0 saturated heterocycles. The average molecular weight is 336 g/mol. The summed E-state index contributed by atoms with van der Waals surface area (Å²) in [6.07, 6.45) is 1.59. The van der Waals surface area contributed by atoms with E-state index in [2.05, 4.69) is 10.5 Å². The Morgan fingerprint density at radius 3 is 2.62 bits per heavy atom. The highest BCUT2D eigenvalue weighted by Gasteiger charge is 2.08. The number of anilines is 1. The number of nitrogens with one attached hydrogen (secondary N) is 1. The lowest BCUT2D eigenvalue weighted by atomic mass is 10.0. The minimum absolute atomic E-state index is 0.134. The third kappa shape index (κ3) is 4.30. The molecule has 1 aromatic heterocycles. The molecule has 0 unspecified atom stereocenters. The summed E-state index contributed by atoms with van der Waals surface area (Å²) < 4.78 is 0. The first-order valence-electron chi connectivity index (χ1n) is 7.46. The molecule has 0 spiro atoms. The maximum Gasteiger partial charge on any atom is 0.265 e. The number of hydrogen-bond donors (Lipinski definition) is 1. The molecule has 3 aromatic rings. The summed E-state index contributed by atoms with van der Waals surface area (Å²) >= 11 is 1.55. The first-order valence-corrected chi connectivity index (χ1v) is 8.34. The van der Waals surface area contributed by atoms with Crippen molar-refractivity contribution >= 4 is 29.1 Å². The molecule has 24 heavy (non-hydrogen) atoms. The molecule has 0 radical (unpaired) electrons. The molecule has 0 bridgehead atoms. The van der Waals surface area contributed by atoms with Crippen LogP contribution in [0.1, 0.15) is 4.88 Å². The van der Waals surface area contributed by atoms with E-state index in [4.69, 9.17) is 4.84 Å². The molecular formula is C19H16N2O2S. The van der Waals surface area contributed by atoms with Crippen molar-refractivity contribution < 1.29 is 9.63 Å². The smallest absolute Gasteiger partial charge is 0.265 e. The van der Waals surface area contributed by atoms with E-state index in [0.29, 0.717) is 0 Å². The van der Waals surface area contributed by atoms with Crippen LogP contribution in [-0.2, 0) is 9.63 Å². The number of nitrogens with zero attached hydrogens (tertiary/aromatic N) is 1. The lowest BCUT2D eigenvalue weighted by molar-refractivity contribution is -0.120. The van der Waals surface area contributed by atoms with Gasteiger partial charge in [-0.05, 0) is 23.1 Å². The van der Waals surface area contributed by atoms with E-state index in [-0.39, 0.29) is 12.5 Å². The van der Waals surface area contributed by atoms with Gasteiger partial charge in [-0.3, -0.25) is 4.79 Å². The van der Waals surface area contributed by atoms with Gasteiger partial charge < -0.3 is 10.2 Å². The number of oxime groups is 1. The van der Waals surface area contributed by atoms with E-state index in [0.717, 1.165) is 21.7 Å². The van der Waals surface area contributed by atoms with Gasteiger partial charge >= 0.3 is 0 Å². The number of para-hydroxylation sites is 1. The van der Waals surface area contributed by atoms with Gasteiger partial charge in [0.05, 0.1) is 6.21 Å². The second-order valence-electron chi connectivity index (χ2n) is 4.98. The number of carbonyl (C=O) groups excluding carboxylic acids is 1. The van der Waals surface area contributed by atoms with Crippen molar-refractivity contribution in [1.29, 1.82) is 0 Å². The van der Waals surface area contributed by atoms with Crippen LogP contribution in [0.25, 0.3) is 11.1 Å². The van der Waals surface area contributed by atoms with Crippen molar-refractivity contribution in [2.45, 2.75) is 0 Å². The maximum absolute atomic E-state index is 12.0. The van der Waals surface area contributed by atoms with Crippen LogP contribution < -0.4 is 5.32 Å². The SMILES string of the molecule is O=C(CO/N=C/c1cccs1)Nc1ccccc1-c1ccccc1. The third-order valence-electron chi connectivity index (χ3n) is 3.28. The highest BCUT2D eigenvalue weighted by atomic mass is 32.1. The Hall–Kier alpha value is -2.92. The van der Waals surface area contributed by atoms with Gasteiger partial charge in [0.25, 0.3) is 5.91 Å². The quantitative estimate of drug-likeness (QED) is 0.536. The fourth-order valence-electron chi connectivity index (χ4n) is 2.20. The van der Waals surface area contributed by atoms with Crippen molar-refractivity contribution in [3.05, 3.63) is 77.0 Å². The number of rotatable bonds is 6. The molecule has 1 amide bonds. The van der Waals surface area contributed by atoms with Gasteiger partial charge in [0.15, 0.2) is 6.61 Å². The van der Waals surface area contributed by atoms with Crippen LogP contribution in [0.15, 0.2) is 77.3 Å². The fourth-order valence-corrected chi connectivity index (χ4v) is 2.77. The second-order valence-corrected chi connectivity index (χ2v) is 5.96. The van der Waals surface area contributed by atoms with Gasteiger partial charge in [-0.1, -0.05) is 59.8 Å². The first-order chi connectivity index (χ1) is 11.8. The van der Waals surface area contributed by atoms with E-state index >= 15 is 0 Å². The molecule has 0 aliphatic rings. The molecule has 0 aliphatic carbocycles. The van der Waals surface area contributed by atoms with Crippen LogP contribution in [0.5, 0.6) is 0 Å². The summed E-state index contributed by atoms with van der Waals surface area (Å²) in [5.74, 6) is -0.248. The molecular weight excluding hydrogens is 320 g/mol. The number of amides is 1. The molecule has 4 nitrogen and oxygen atoms in total. The predicted octanol–water partition coefficient (Wildman–Crippen LogP) is 4.40. The predicted molar refractivity (Wildman–Crippen MR) is 98.4 cm³/mol. The minimum atomic E-state index is -0.248. The van der Waals surface area contributed by atoms with E-state index in [1.165, 1.54) is 0 Å². The Morgan fingerprint density at radius 1 is 1.04 bits per heavy atom. The summed E-state index contributed by atoms with van der Waals surface area (Å²) in [5, 5.41) is 8.62. The van der Waals surface area contributed by atoms with Crippen LogP contribution in [0, 0.1) is 0 Å². The molecule has 2 aromatic carbocycles. The van der Waals surface area contributed by atoms with Crippen molar-refractivity contribution in [1.82, 2.24) is 0 Å². The average Bonchev–Trinajstić information content (AvgIpc) is 3.13. The van der Waals surface area contributed by atoms with Gasteiger partial charge in [-0.25, -0.2) is 0 Å². The maximum atomic E-state index is 12.0. The Labute approximate surface area is 144 Å². The van der Waals surface area contributed by atoms with Crippen LogP contribution in [0.4, 0.5) is 5.69 Å². The Kier molecular flexibility index (Phi) is 5.37. The number of hydrogen-bond acceptors (Lipinski definition) is 4. The summed E-state index contributed by atoms with van der Waals surface area (Å²) in [6.45, 7) is -0.134. The van der Waals surface area contributed by atoms with Crippen molar-refractivity contribution in [2.24, 2.45) is 5.16 Å². The van der Waals surface area contributed by atoms with Crippen molar-refractivity contribution in [3.63, 3.8) is 0 Å². The number of thiophene rings is 1. The zero-order valence-electron chi connectivity index (χ0n) is 12.9. The van der Waals surface area contributed by atoms with E-state index in [1.807, 2.05) is 72.1 Å². The second kappa shape index (κ2) is 8.08. The molecule has 3 rings (SSSR count). The molecule has 0 atom stereocenters. The lowest BCUT2D eigenvalue weighted by Gasteiger charge is -2.10. The Balaban J connectivity index is 1.61. The van der Waals surface area contributed by atoms with Gasteiger partial charge in [0.1, 0.15) is 0 Å². The van der Waals surface area contributed by atoms with E-state index < -0.39 is 0 Å². The summed E-state index contributed by atoms with van der Waals surface area (Å²) in [5.41, 5.74) is 2.76. The number of benzene rings is 2. The summed E-state index contributed by atoms with van der Waals surface area (Å²) in [6, 6.07) is 21.4. The molecule has 0 saturated carbocycles. The molecule has 120 valence electrons. The van der Waals surface area contributed by atoms with Crippen LogP contribution in [0.2, 0.25) is 0 Å². The van der Waals surface area contributed by atoms with E-state index in [1.54, 1.807) is 17.6 Å². The molecule has 1 heterocycles. The van der Waals surface area contributed by atoms with Crippen LogP contribution in [-0.4, -0.2) is 18.7 Å².